The number of carbonyl (C=O) groups is 10. The van der Waals surface area contributed by atoms with Crippen molar-refractivity contribution >= 4 is 71.0 Å². The van der Waals surface area contributed by atoms with Crippen LogP contribution in [0.15, 0.2) is 78.9 Å². The number of esters is 1. The second-order valence-corrected chi connectivity index (χ2v) is 27.5. The Bertz CT molecular complexity index is 3070. The molecule has 26 heteroatoms. The number of nitrogens with zero attached hydrogens (tertiary/aromatic N) is 3. The van der Waals surface area contributed by atoms with Crippen LogP contribution in [0.4, 0.5) is 25.8 Å². The van der Waals surface area contributed by atoms with E-state index < -0.39 is 108 Å². The van der Waals surface area contributed by atoms with Crippen molar-refractivity contribution in [2.24, 2.45) is 35.3 Å². The lowest BCUT2D eigenvalue weighted by Gasteiger charge is -2.41. The number of likely N-dealkylation sites (tertiary alicyclic amines) is 1. The van der Waals surface area contributed by atoms with Crippen molar-refractivity contribution in [3.63, 3.8) is 0 Å². The second-order valence-electron chi connectivity index (χ2n) is 27.5. The number of alkyl carbamates (subject to hydrolysis) is 1. The molecule has 0 unspecified atom stereocenters. The average molecular weight is 1370 g/mol. The molecular formula is C72H111N11O15. The van der Waals surface area contributed by atoms with Gasteiger partial charge in [0.05, 0.1) is 49.8 Å². The lowest BCUT2D eigenvalue weighted by Crippen LogP contribution is -2.60. The van der Waals surface area contributed by atoms with Gasteiger partial charge in [-0.1, -0.05) is 123 Å². The number of likely N-dealkylation sites (N-methyl/N-ethyl adjacent to an activating group) is 2. The van der Waals surface area contributed by atoms with Crippen LogP contribution in [0.5, 0.6) is 0 Å². The number of methoxy groups -OCH3 is 3. The molecule has 3 aromatic carbocycles. The van der Waals surface area contributed by atoms with Crippen LogP contribution in [0.1, 0.15) is 138 Å². The molecule has 1 fully saturated rings. The number of anilines is 2. The van der Waals surface area contributed by atoms with E-state index in [1.54, 1.807) is 94.8 Å². The summed E-state index contributed by atoms with van der Waals surface area (Å²) in [5.74, 6) is -4.70. The number of amides is 10. The van der Waals surface area contributed by atoms with E-state index in [0.717, 1.165) is 11.1 Å². The summed E-state index contributed by atoms with van der Waals surface area (Å²) in [6.45, 7) is 22.9. The van der Waals surface area contributed by atoms with Crippen molar-refractivity contribution in [1.29, 1.82) is 0 Å². The molecule has 3 aromatic rings. The summed E-state index contributed by atoms with van der Waals surface area (Å²) >= 11 is 0. The van der Waals surface area contributed by atoms with E-state index in [-0.39, 0.29) is 73.8 Å². The first-order valence-electron chi connectivity index (χ1n) is 34.0. The predicted molar refractivity (Wildman–Crippen MR) is 374 cm³/mol. The minimum atomic E-state index is -1.06. The number of hydrogen-bond donors (Lipinski definition) is 8. The molecule has 0 radical (unpaired) electrons. The summed E-state index contributed by atoms with van der Waals surface area (Å²) in [6.07, 6.45) is 0.123. The molecule has 4 rings (SSSR count). The van der Waals surface area contributed by atoms with Gasteiger partial charge in [-0.3, -0.25) is 39.0 Å². The van der Waals surface area contributed by atoms with Crippen LogP contribution >= 0.6 is 0 Å². The standard InChI is InChI=1S/C72H111N11O15/c1-18-46(8)61(56(94-15)41-57(84)83-38-23-27-55(83)62(95-16)47(9)63(85)78-54(68(90)96-17)40-49-24-20-19-21-25-49)82(14)67(89)59(44(4)5)79-66(88)60(45(6)7)81(13)39-36-48-28-32-52(33-29-48)76-70(92)97-42-50-30-34-51(35-31-50)75-64(86)53(26-22-37-74-69(73)91)77-65(87)58(43(2)3)80-71(93)98-72(10,11)12/h19-21,24-25,28-35,43-47,53-56,58-62H,18,22-23,26-27,36-42H2,1-17H3,(H,75,86)(H,76,92)(H,77,87)(H,78,85)(H,79,88)(H,80,93)(H3,73,74,91)/t46-,47+,53-,54-,55-,56+,58-,59-,60-,61-,62+/m0/s1. The molecule has 26 nitrogen and oxygen atoms in total. The Labute approximate surface area is 579 Å². The van der Waals surface area contributed by atoms with Crippen molar-refractivity contribution in [3.05, 3.63) is 95.6 Å². The topological polar surface area (TPSA) is 337 Å². The number of carbonyl (C=O) groups excluding carboxylic acids is 10. The Hall–Kier alpha value is -8.36. The molecule has 0 aromatic heterocycles. The van der Waals surface area contributed by atoms with E-state index in [0.29, 0.717) is 62.1 Å². The normalized spacial score (nSPS) is 16.2. The molecule has 0 spiro atoms. The average Bonchev–Trinajstić information content (AvgIpc) is 1.47. The fourth-order valence-corrected chi connectivity index (χ4v) is 12.2. The van der Waals surface area contributed by atoms with Crippen molar-refractivity contribution in [2.75, 3.05) is 65.7 Å². The summed E-state index contributed by atoms with van der Waals surface area (Å²) in [5.41, 5.74) is 7.69. The van der Waals surface area contributed by atoms with Gasteiger partial charge in [-0.2, -0.15) is 0 Å². The highest BCUT2D eigenvalue weighted by molar-refractivity contribution is 5.98. The van der Waals surface area contributed by atoms with Crippen LogP contribution in [-0.2, 0) is 76.7 Å². The highest BCUT2D eigenvalue weighted by Crippen LogP contribution is 2.30. The van der Waals surface area contributed by atoms with Crippen molar-refractivity contribution in [1.82, 2.24) is 41.3 Å². The zero-order chi connectivity index (χ0) is 73.1. The number of hydrogen-bond acceptors (Lipinski definition) is 16. The molecule has 0 saturated carbocycles. The first-order chi connectivity index (χ1) is 46.2. The molecule has 1 saturated heterocycles. The first kappa shape index (κ1) is 82.1. The monoisotopic (exact) mass is 1370 g/mol. The summed E-state index contributed by atoms with van der Waals surface area (Å²) in [7, 11) is 7.88. The summed E-state index contributed by atoms with van der Waals surface area (Å²) in [6, 6.07) is 16.8. The molecule has 0 bridgehead atoms. The molecule has 544 valence electrons. The molecule has 1 aliphatic rings. The maximum Gasteiger partial charge on any atom is 0.411 e. The summed E-state index contributed by atoms with van der Waals surface area (Å²) < 4.78 is 28.0. The van der Waals surface area contributed by atoms with Gasteiger partial charge in [0, 0.05) is 58.7 Å². The fourth-order valence-electron chi connectivity index (χ4n) is 12.2. The van der Waals surface area contributed by atoms with E-state index in [9.17, 15) is 47.9 Å². The lowest BCUT2D eigenvalue weighted by atomic mass is 9.89. The summed E-state index contributed by atoms with van der Waals surface area (Å²) in [4.78, 5) is 140. The van der Waals surface area contributed by atoms with Gasteiger partial charge >= 0.3 is 24.2 Å². The Morgan fingerprint density at radius 3 is 1.82 bits per heavy atom. The lowest BCUT2D eigenvalue weighted by molar-refractivity contribution is -0.149. The largest absolute Gasteiger partial charge is 0.467 e. The fraction of sp³-hybridized carbons (Fsp3) is 0.611. The molecule has 1 heterocycles. The zero-order valence-corrected chi connectivity index (χ0v) is 60.6. The van der Waals surface area contributed by atoms with Crippen molar-refractivity contribution in [3.8, 4) is 0 Å². The SMILES string of the molecule is CC[C@H](C)[C@@H]([C@@H](CC(=O)N1CCC[C@H]1[C@H](OC)[C@@H](C)C(=O)N[C@@H](Cc1ccccc1)C(=O)OC)OC)N(C)C(=O)[C@@H](NC(=O)[C@H](C(C)C)N(C)CCc1ccc(NC(=O)OCc2ccc(NC(=O)[C@H](CCCNC(N)=O)NC(=O)[C@@H](NC(=O)OC(C)(C)C)C(C)C)cc2)cc1)C(C)C. The third-order valence-electron chi connectivity index (χ3n) is 17.7. The van der Waals surface area contributed by atoms with Crippen LogP contribution in [-0.4, -0.2) is 189 Å². The number of nitrogens with one attached hydrogen (secondary N) is 7. The molecule has 10 amide bonds. The number of benzene rings is 3. The minimum absolute atomic E-state index is 0.0646. The Kier molecular flexibility index (Phi) is 33.4. The van der Waals surface area contributed by atoms with Gasteiger partial charge < -0.3 is 71.1 Å². The van der Waals surface area contributed by atoms with Gasteiger partial charge in [0.15, 0.2) is 0 Å². The van der Waals surface area contributed by atoms with Gasteiger partial charge in [-0.15, -0.1) is 0 Å². The zero-order valence-electron chi connectivity index (χ0n) is 60.6. The van der Waals surface area contributed by atoms with Gasteiger partial charge in [-0.05, 0) is 125 Å². The van der Waals surface area contributed by atoms with Crippen LogP contribution in [0.3, 0.4) is 0 Å². The number of nitrogens with two attached hydrogens (primary N) is 1. The van der Waals surface area contributed by atoms with Crippen LogP contribution in [0, 0.1) is 29.6 Å². The highest BCUT2D eigenvalue weighted by atomic mass is 16.6. The number of urea groups is 1. The minimum Gasteiger partial charge on any atom is -0.467 e. The molecular weight excluding hydrogens is 1260 g/mol. The molecule has 9 N–H and O–H groups in total. The van der Waals surface area contributed by atoms with Crippen molar-refractivity contribution in [2.45, 2.75) is 201 Å². The number of primary amides is 1. The van der Waals surface area contributed by atoms with Crippen LogP contribution < -0.4 is 43.0 Å². The summed E-state index contributed by atoms with van der Waals surface area (Å²) in [5, 5.41) is 19.3. The second kappa shape index (κ2) is 39.9. The maximum absolute atomic E-state index is 14.9. The predicted octanol–water partition coefficient (Wildman–Crippen LogP) is 7.32. The number of ether oxygens (including phenoxy) is 5. The number of rotatable bonds is 37. The van der Waals surface area contributed by atoms with E-state index in [1.165, 1.54) is 21.3 Å². The van der Waals surface area contributed by atoms with Gasteiger partial charge in [-0.25, -0.2) is 19.2 Å². The van der Waals surface area contributed by atoms with Crippen LogP contribution in [0.2, 0.25) is 0 Å². The molecule has 1 aliphatic heterocycles. The third-order valence-corrected chi connectivity index (χ3v) is 17.7. The Morgan fingerprint density at radius 1 is 0.663 bits per heavy atom. The molecule has 98 heavy (non-hydrogen) atoms. The van der Waals surface area contributed by atoms with E-state index >= 15 is 0 Å². The van der Waals surface area contributed by atoms with Gasteiger partial charge in [0.1, 0.15) is 36.4 Å². The van der Waals surface area contributed by atoms with Crippen molar-refractivity contribution < 1.29 is 71.6 Å². The first-order valence-corrected chi connectivity index (χ1v) is 34.0. The van der Waals surface area contributed by atoms with Gasteiger partial charge in [0.2, 0.25) is 35.4 Å². The van der Waals surface area contributed by atoms with Gasteiger partial charge in [0.25, 0.3) is 0 Å². The van der Waals surface area contributed by atoms with Crippen LogP contribution in [0.25, 0.3) is 0 Å². The Balaban J connectivity index is 1.34. The van der Waals surface area contributed by atoms with E-state index in [1.807, 2.05) is 96.0 Å². The highest BCUT2D eigenvalue weighted by Gasteiger charge is 2.44. The quantitative estimate of drug-likeness (QED) is 0.0159. The molecule has 11 atom stereocenters. The maximum atomic E-state index is 14.9. The Morgan fingerprint density at radius 2 is 1.27 bits per heavy atom. The molecule has 0 aliphatic carbocycles. The van der Waals surface area contributed by atoms with E-state index in [2.05, 4.69) is 37.2 Å². The smallest absolute Gasteiger partial charge is 0.411 e. The third kappa shape index (κ3) is 25.8. The van der Waals surface area contributed by atoms with E-state index in [4.69, 9.17) is 29.4 Å².